The summed E-state index contributed by atoms with van der Waals surface area (Å²) in [7, 11) is 5.27. The number of unbranched alkanes of at least 4 members (excludes halogenated alkanes) is 11. The first-order valence-corrected chi connectivity index (χ1v) is 11.5. The van der Waals surface area contributed by atoms with E-state index in [1.54, 1.807) is 21.1 Å². The van der Waals surface area contributed by atoms with Gasteiger partial charge in [-0.05, 0) is 6.42 Å². The van der Waals surface area contributed by atoms with Gasteiger partial charge in [-0.15, -0.1) is 0 Å². The maximum atomic E-state index is 12.5. The number of carboxylic acid groups (broad SMARTS) is 1. The molecule has 0 heterocycles. The molecule has 0 aliphatic carbocycles. The maximum absolute atomic E-state index is 12.5. The molecule has 0 bridgehead atoms. The number of aliphatic hydroxyl groups excluding tert-OH is 1. The van der Waals surface area contributed by atoms with Crippen molar-refractivity contribution < 1.29 is 29.4 Å². The molecule has 0 saturated carbocycles. The smallest absolute Gasteiger partial charge is 0.198 e. The highest BCUT2D eigenvalue weighted by molar-refractivity contribution is 5.93. The van der Waals surface area contributed by atoms with Crippen molar-refractivity contribution in [2.75, 3.05) is 27.7 Å². The van der Waals surface area contributed by atoms with Crippen molar-refractivity contribution in [1.82, 2.24) is 0 Å². The van der Waals surface area contributed by atoms with Gasteiger partial charge in [0.15, 0.2) is 11.4 Å². The molecule has 172 valence electrons. The van der Waals surface area contributed by atoms with E-state index in [2.05, 4.69) is 6.92 Å². The Morgan fingerprint density at radius 1 is 0.862 bits per heavy atom. The number of Topliss-reactive ketones (excluding diaryl/α,β-unsaturated/α-hetero) is 1. The molecule has 0 aliphatic rings. The van der Waals surface area contributed by atoms with Crippen molar-refractivity contribution in [3.8, 4) is 0 Å². The largest absolute Gasteiger partial charge is 0.550 e. The van der Waals surface area contributed by atoms with E-state index < -0.39 is 29.9 Å². The van der Waals surface area contributed by atoms with E-state index in [9.17, 15) is 24.9 Å². The minimum atomic E-state index is -2.10. The lowest BCUT2D eigenvalue weighted by Crippen LogP contribution is -2.58. The number of quaternary nitrogens is 1. The fourth-order valence-electron chi connectivity index (χ4n) is 3.86. The Balaban J connectivity index is 4.06. The van der Waals surface area contributed by atoms with Crippen LogP contribution in [0.5, 0.6) is 0 Å². The summed E-state index contributed by atoms with van der Waals surface area (Å²) >= 11 is 0. The third-order valence-electron chi connectivity index (χ3n) is 5.27. The van der Waals surface area contributed by atoms with E-state index >= 15 is 0 Å². The normalized spacial score (nSPS) is 15.1. The van der Waals surface area contributed by atoms with Crippen LogP contribution in [0.25, 0.3) is 0 Å². The number of hydrogen-bond donors (Lipinski definition) is 2. The minimum Gasteiger partial charge on any atom is -0.550 e. The zero-order chi connectivity index (χ0) is 22.3. The molecule has 0 aromatic carbocycles. The molecule has 6 nitrogen and oxygen atoms in total. The summed E-state index contributed by atoms with van der Waals surface area (Å²) in [6.07, 6.45) is 12.4. The van der Waals surface area contributed by atoms with E-state index in [-0.39, 0.29) is 17.4 Å². The first kappa shape index (κ1) is 28.0. The summed E-state index contributed by atoms with van der Waals surface area (Å²) in [6, 6.07) is 0. The van der Waals surface area contributed by atoms with Crippen molar-refractivity contribution in [3.63, 3.8) is 0 Å². The monoisotopic (exact) mass is 415 g/mol. The quantitative estimate of drug-likeness (QED) is 0.250. The standard InChI is InChI=1S/C23H45NO5/c1-5-6-7-8-9-10-11-12-13-14-15-16-17-20(25)22(28)23(29,18-21(26)27)19-24(2,3)4/h20,25,29H,5-19H2,1-4H3. The fourth-order valence-corrected chi connectivity index (χ4v) is 3.86. The fraction of sp³-hybridized carbons (Fsp3) is 0.913. The molecule has 0 fully saturated rings. The Morgan fingerprint density at radius 2 is 1.28 bits per heavy atom. The summed E-state index contributed by atoms with van der Waals surface area (Å²) in [5, 5.41) is 31.8. The minimum absolute atomic E-state index is 0.0880. The SMILES string of the molecule is CCCCCCCCCCCCCCC(O)C(=O)C(O)(CC(=O)[O-])C[N+](C)(C)C. The summed E-state index contributed by atoms with van der Waals surface area (Å²) in [4.78, 5) is 23.5. The number of rotatable bonds is 19. The summed E-state index contributed by atoms with van der Waals surface area (Å²) in [6.45, 7) is 2.14. The summed E-state index contributed by atoms with van der Waals surface area (Å²) in [5.41, 5.74) is -2.10. The van der Waals surface area contributed by atoms with E-state index in [0.717, 1.165) is 19.3 Å². The lowest BCUT2D eigenvalue weighted by atomic mass is 9.88. The molecule has 0 aliphatic heterocycles. The topological polar surface area (TPSA) is 97.7 Å². The molecule has 6 heteroatoms. The molecule has 29 heavy (non-hydrogen) atoms. The Bertz CT molecular complexity index is 461. The highest BCUT2D eigenvalue weighted by Gasteiger charge is 2.43. The van der Waals surface area contributed by atoms with Crippen LogP contribution in [0.1, 0.15) is 96.8 Å². The molecule has 0 spiro atoms. The Kier molecular flexibility index (Phi) is 14.4. The molecular formula is C23H45NO5. The maximum Gasteiger partial charge on any atom is 0.198 e. The average Bonchev–Trinajstić information content (AvgIpc) is 2.59. The number of carbonyl (C=O) groups is 2. The Hall–Kier alpha value is -0.980. The third-order valence-corrected chi connectivity index (χ3v) is 5.27. The second kappa shape index (κ2) is 14.9. The second-order valence-electron chi connectivity index (χ2n) is 9.59. The highest BCUT2D eigenvalue weighted by Crippen LogP contribution is 2.20. The van der Waals surface area contributed by atoms with Gasteiger partial charge in [-0.3, -0.25) is 4.79 Å². The number of aliphatic carboxylic acids is 1. The van der Waals surface area contributed by atoms with Crippen LogP contribution in [0.3, 0.4) is 0 Å². The Morgan fingerprint density at radius 3 is 1.66 bits per heavy atom. The summed E-state index contributed by atoms with van der Waals surface area (Å²) in [5.74, 6) is -2.30. The van der Waals surface area contributed by atoms with Crippen molar-refractivity contribution in [3.05, 3.63) is 0 Å². The zero-order valence-electron chi connectivity index (χ0n) is 19.3. The van der Waals surface area contributed by atoms with Gasteiger partial charge in [0.2, 0.25) is 0 Å². The molecule has 0 aromatic heterocycles. The molecule has 0 saturated heterocycles. The number of carboxylic acids is 1. The van der Waals surface area contributed by atoms with Gasteiger partial charge in [0.05, 0.1) is 21.1 Å². The number of aliphatic hydroxyl groups is 2. The van der Waals surface area contributed by atoms with Gasteiger partial charge in [0.1, 0.15) is 12.6 Å². The van der Waals surface area contributed by atoms with E-state index in [0.29, 0.717) is 6.42 Å². The number of hydrogen-bond acceptors (Lipinski definition) is 5. The first-order chi connectivity index (χ1) is 13.5. The lowest BCUT2D eigenvalue weighted by Gasteiger charge is -2.35. The van der Waals surface area contributed by atoms with Crippen LogP contribution in [0.15, 0.2) is 0 Å². The summed E-state index contributed by atoms with van der Waals surface area (Å²) < 4.78 is 0.209. The van der Waals surface area contributed by atoms with Crippen LogP contribution in [0.2, 0.25) is 0 Å². The average molecular weight is 416 g/mol. The third kappa shape index (κ3) is 14.6. The zero-order valence-corrected chi connectivity index (χ0v) is 19.3. The van der Waals surface area contributed by atoms with Crippen molar-refractivity contribution >= 4 is 11.8 Å². The molecule has 0 radical (unpaired) electrons. The van der Waals surface area contributed by atoms with Crippen LogP contribution in [0, 0.1) is 0 Å². The van der Waals surface area contributed by atoms with E-state index in [1.165, 1.54) is 51.4 Å². The van der Waals surface area contributed by atoms with Crippen LogP contribution in [-0.2, 0) is 9.59 Å². The number of nitrogens with zero attached hydrogens (tertiary/aromatic N) is 1. The van der Waals surface area contributed by atoms with Gasteiger partial charge in [-0.1, -0.05) is 84.0 Å². The van der Waals surface area contributed by atoms with E-state index in [4.69, 9.17) is 0 Å². The molecule has 2 atom stereocenters. The molecule has 0 rings (SSSR count). The number of ketones is 1. The van der Waals surface area contributed by atoms with Gasteiger partial charge in [0, 0.05) is 12.4 Å². The first-order valence-electron chi connectivity index (χ1n) is 11.5. The molecule has 2 N–H and O–H groups in total. The second-order valence-corrected chi connectivity index (χ2v) is 9.59. The van der Waals surface area contributed by atoms with Gasteiger partial charge < -0.3 is 24.6 Å². The number of likely N-dealkylation sites (N-methyl/N-ethyl adjacent to an activating group) is 1. The highest BCUT2D eigenvalue weighted by atomic mass is 16.4. The number of carbonyl (C=O) groups excluding carboxylic acids is 2. The van der Waals surface area contributed by atoms with Crippen LogP contribution < -0.4 is 5.11 Å². The molecule has 0 aromatic rings. The van der Waals surface area contributed by atoms with Crippen molar-refractivity contribution in [1.29, 1.82) is 0 Å². The van der Waals surface area contributed by atoms with Crippen LogP contribution >= 0.6 is 0 Å². The van der Waals surface area contributed by atoms with E-state index in [1.807, 2.05) is 0 Å². The predicted molar refractivity (Wildman–Crippen MR) is 114 cm³/mol. The van der Waals surface area contributed by atoms with Crippen LogP contribution in [0.4, 0.5) is 0 Å². The van der Waals surface area contributed by atoms with Gasteiger partial charge >= 0.3 is 0 Å². The molecular weight excluding hydrogens is 370 g/mol. The van der Waals surface area contributed by atoms with Crippen molar-refractivity contribution in [2.24, 2.45) is 0 Å². The van der Waals surface area contributed by atoms with Crippen LogP contribution in [-0.4, -0.2) is 65.8 Å². The Labute approximate surface area is 177 Å². The van der Waals surface area contributed by atoms with Gasteiger partial charge in [0.25, 0.3) is 0 Å². The lowest BCUT2D eigenvalue weighted by molar-refractivity contribution is -0.875. The van der Waals surface area contributed by atoms with Gasteiger partial charge in [-0.2, -0.15) is 0 Å². The molecule has 0 amide bonds. The molecule has 2 unspecified atom stereocenters. The predicted octanol–water partition coefficient (Wildman–Crippen LogP) is 2.58. The van der Waals surface area contributed by atoms with Crippen molar-refractivity contribution in [2.45, 2.75) is 109 Å². The van der Waals surface area contributed by atoms with Gasteiger partial charge in [-0.25, -0.2) is 0 Å².